The number of nitrogens with zero attached hydrogens (tertiary/aromatic N) is 2. The Morgan fingerprint density at radius 1 is 1.16 bits per heavy atom. The highest BCUT2D eigenvalue weighted by molar-refractivity contribution is 7.99. The van der Waals surface area contributed by atoms with E-state index < -0.39 is 0 Å². The van der Waals surface area contributed by atoms with Gasteiger partial charge in [0.2, 0.25) is 5.91 Å². The first kappa shape index (κ1) is 17.2. The highest BCUT2D eigenvalue weighted by Crippen LogP contribution is 2.13. The summed E-state index contributed by atoms with van der Waals surface area (Å²) in [5.74, 6) is 0.835. The van der Waals surface area contributed by atoms with Crippen molar-refractivity contribution in [3.8, 4) is 0 Å². The van der Waals surface area contributed by atoms with Crippen LogP contribution in [0, 0.1) is 13.8 Å². The average Bonchev–Trinajstić information content (AvgIpc) is 2.60. The number of aryl methyl sites for hydroxylation is 2. The number of fused-ring (bicyclic) bond motifs is 1. The Morgan fingerprint density at radius 3 is 2.68 bits per heavy atom. The molecule has 5 nitrogen and oxygen atoms in total. The molecule has 3 rings (SSSR count). The van der Waals surface area contributed by atoms with Crippen LogP contribution in [0.4, 0.5) is 5.69 Å². The van der Waals surface area contributed by atoms with E-state index in [0.29, 0.717) is 11.3 Å². The van der Waals surface area contributed by atoms with Crippen molar-refractivity contribution in [3.63, 3.8) is 0 Å². The maximum atomic E-state index is 12.6. The molecule has 0 radical (unpaired) electrons. The maximum Gasteiger partial charge on any atom is 0.281 e. The lowest BCUT2D eigenvalue weighted by Crippen LogP contribution is -2.26. The number of hydrogen-bond acceptors (Lipinski definition) is 4. The van der Waals surface area contributed by atoms with E-state index in [1.807, 2.05) is 43.3 Å². The standard InChI is InChI=1S/C19H19N3O2S/c1-13-8-9-16-20-14(2)18(19(24)22(16)10-13)21-17(23)12-25-11-15-6-4-3-5-7-15/h3-10H,11-12H2,1-2H3,(H,21,23). The van der Waals surface area contributed by atoms with Crippen molar-refractivity contribution >= 4 is 29.0 Å². The van der Waals surface area contributed by atoms with Crippen molar-refractivity contribution in [2.45, 2.75) is 19.6 Å². The lowest BCUT2D eigenvalue weighted by atomic mass is 10.2. The molecule has 1 aromatic carbocycles. The Labute approximate surface area is 150 Å². The van der Waals surface area contributed by atoms with Crippen LogP contribution in [0.5, 0.6) is 0 Å². The largest absolute Gasteiger partial charge is 0.319 e. The Hall–Kier alpha value is -2.60. The quantitative estimate of drug-likeness (QED) is 0.765. The Kier molecular flexibility index (Phi) is 5.19. The topological polar surface area (TPSA) is 63.5 Å². The van der Waals surface area contributed by atoms with Crippen LogP contribution in [-0.4, -0.2) is 21.0 Å². The first-order valence-electron chi connectivity index (χ1n) is 7.96. The van der Waals surface area contributed by atoms with Crippen molar-refractivity contribution in [2.24, 2.45) is 0 Å². The number of nitrogens with one attached hydrogen (secondary N) is 1. The van der Waals surface area contributed by atoms with Crippen LogP contribution in [-0.2, 0) is 10.5 Å². The van der Waals surface area contributed by atoms with E-state index in [4.69, 9.17) is 0 Å². The normalized spacial score (nSPS) is 10.8. The summed E-state index contributed by atoms with van der Waals surface area (Å²) in [5.41, 5.74) is 3.20. The summed E-state index contributed by atoms with van der Waals surface area (Å²) in [7, 11) is 0. The number of anilines is 1. The molecule has 0 atom stereocenters. The van der Waals surface area contributed by atoms with Gasteiger partial charge < -0.3 is 5.32 Å². The summed E-state index contributed by atoms with van der Waals surface area (Å²) in [6.07, 6.45) is 1.73. The predicted octanol–water partition coefficient (Wildman–Crippen LogP) is 3.18. The third kappa shape index (κ3) is 4.09. The molecular formula is C19H19N3O2S. The summed E-state index contributed by atoms with van der Waals surface area (Å²) in [6, 6.07) is 13.7. The summed E-state index contributed by atoms with van der Waals surface area (Å²) in [4.78, 5) is 29.2. The molecule has 0 spiro atoms. The number of thioether (sulfide) groups is 1. The molecule has 0 saturated carbocycles. The van der Waals surface area contributed by atoms with Crippen LogP contribution in [0.25, 0.3) is 5.65 Å². The summed E-state index contributed by atoms with van der Waals surface area (Å²) >= 11 is 1.51. The van der Waals surface area contributed by atoms with Crippen LogP contribution in [0.1, 0.15) is 16.8 Å². The second-order valence-corrected chi connectivity index (χ2v) is 6.82. The van der Waals surface area contributed by atoms with Crippen LogP contribution in [0.2, 0.25) is 0 Å². The number of amides is 1. The number of benzene rings is 1. The van der Waals surface area contributed by atoms with Gasteiger partial charge in [0.05, 0.1) is 11.4 Å². The number of hydrogen-bond donors (Lipinski definition) is 1. The van der Waals surface area contributed by atoms with Gasteiger partial charge in [0.15, 0.2) is 0 Å². The van der Waals surface area contributed by atoms with Gasteiger partial charge in [-0.3, -0.25) is 14.0 Å². The third-order valence-electron chi connectivity index (χ3n) is 3.76. The fourth-order valence-electron chi connectivity index (χ4n) is 2.51. The summed E-state index contributed by atoms with van der Waals surface area (Å²) in [5, 5.41) is 2.72. The van der Waals surface area contributed by atoms with Crippen molar-refractivity contribution in [3.05, 3.63) is 75.8 Å². The van der Waals surface area contributed by atoms with E-state index in [1.165, 1.54) is 21.7 Å². The lowest BCUT2D eigenvalue weighted by molar-refractivity contribution is -0.113. The molecule has 1 N–H and O–H groups in total. The monoisotopic (exact) mass is 353 g/mol. The maximum absolute atomic E-state index is 12.6. The minimum Gasteiger partial charge on any atom is -0.319 e. The molecular weight excluding hydrogens is 334 g/mol. The van der Waals surface area contributed by atoms with E-state index in [-0.39, 0.29) is 22.9 Å². The first-order chi connectivity index (χ1) is 12.0. The molecule has 0 aliphatic heterocycles. The lowest BCUT2D eigenvalue weighted by Gasteiger charge is -2.10. The zero-order valence-corrected chi connectivity index (χ0v) is 15.0. The van der Waals surface area contributed by atoms with Crippen molar-refractivity contribution in [1.82, 2.24) is 9.38 Å². The SMILES string of the molecule is Cc1ccc2nc(C)c(NC(=O)CSCc3ccccc3)c(=O)n2c1. The zero-order valence-electron chi connectivity index (χ0n) is 14.2. The van der Waals surface area contributed by atoms with Gasteiger partial charge in [0.1, 0.15) is 11.3 Å². The molecule has 2 heterocycles. The number of aromatic nitrogens is 2. The average molecular weight is 353 g/mol. The smallest absolute Gasteiger partial charge is 0.281 e. The van der Waals surface area contributed by atoms with Crippen LogP contribution in [0.15, 0.2) is 53.5 Å². The van der Waals surface area contributed by atoms with Gasteiger partial charge in [-0.1, -0.05) is 36.4 Å². The van der Waals surface area contributed by atoms with Gasteiger partial charge in [0, 0.05) is 11.9 Å². The van der Waals surface area contributed by atoms with Gasteiger partial charge >= 0.3 is 0 Å². The molecule has 1 amide bonds. The second-order valence-electron chi connectivity index (χ2n) is 5.84. The fourth-order valence-corrected chi connectivity index (χ4v) is 3.30. The number of rotatable bonds is 5. The molecule has 0 aliphatic rings. The predicted molar refractivity (Wildman–Crippen MR) is 102 cm³/mol. The van der Waals surface area contributed by atoms with E-state index in [9.17, 15) is 9.59 Å². The van der Waals surface area contributed by atoms with E-state index in [1.54, 1.807) is 19.2 Å². The molecule has 0 bridgehead atoms. The number of carbonyl (C=O) groups excluding carboxylic acids is 1. The fraction of sp³-hybridized carbons (Fsp3) is 0.211. The first-order valence-corrected chi connectivity index (χ1v) is 9.11. The van der Waals surface area contributed by atoms with E-state index in [2.05, 4.69) is 10.3 Å². The van der Waals surface area contributed by atoms with Gasteiger partial charge in [-0.25, -0.2) is 4.98 Å². The molecule has 0 saturated heterocycles. The molecule has 0 aliphatic carbocycles. The molecule has 128 valence electrons. The summed E-state index contributed by atoms with van der Waals surface area (Å²) in [6.45, 7) is 3.64. The van der Waals surface area contributed by atoms with Crippen molar-refractivity contribution < 1.29 is 4.79 Å². The zero-order chi connectivity index (χ0) is 17.8. The van der Waals surface area contributed by atoms with Gasteiger partial charge in [-0.05, 0) is 31.0 Å². The molecule has 2 aromatic heterocycles. The van der Waals surface area contributed by atoms with Crippen LogP contribution >= 0.6 is 11.8 Å². The molecule has 0 fully saturated rings. The minimum absolute atomic E-state index is 0.199. The van der Waals surface area contributed by atoms with E-state index >= 15 is 0 Å². The third-order valence-corrected chi connectivity index (χ3v) is 4.76. The van der Waals surface area contributed by atoms with Gasteiger partial charge in [-0.2, -0.15) is 0 Å². The van der Waals surface area contributed by atoms with Crippen molar-refractivity contribution in [1.29, 1.82) is 0 Å². The Morgan fingerprint density at radius 2 is 1.92 bits per heavy atom. The molecule has 6 heteroatoms. The Balaban J connectivity index is 1.71. The number of carbonyl (C=O) groups is 1. The second kappa shape index (κ2) is 7.53. The van der Waals surface area contributed by atoms with Crippen molar-refractivity contribution in [2.75, 3.05) is 11.1 Å². The molecule has 25 heavy (non-hydrogen) atoms. The summed E-state index contributed by atoms with van der Waals surface area (Å²) < 4.78 is 1.47. The Bertz CT molecular complexity index is 968. The van der Waals surface area contributed by atoms with Crippen LogP contribution < -0.4 is 10.9 Å². The van der Waals surface area contributed by atoms with Gasteiger partial charge in [0.25, 0.3) is 5.56 Å². The number of pyridine rings is 1. The minimum atomic E-state index is -0.257. The van der Waals surface area contributed by atoms with E-state index in [0.717, 1.165) is 11.3 Å². The highest BCUT2D eigenvalue weighted by Gasteiger charge is 2.13. The highest BCUT2D eigenvalue weighted by atomic mass is 32.2. The molecule has 0 unspecified atom stereocenters. The van der Waals surface area contributed by atoms with Gasteiger partial charge in [-0.15, -0.1) is 11.8 Å². The molecule has 3 aromatic rings. The van der Waals surface area contributed by atoms with Crippen LogP contribution in [0.3, 0.4) is 0 Å².